The van der Waals surface area contributed by atoms with E-state index in [-0.39, 0.29) is 0 Å². The molecule has 0 aliphatic heterocycles. The van der Waals surface area contributed by atoms with Gasteiger partial charge in [-0.05, 0) is 25.7 Å². The summed E-state index contributed by atoms with van der Waals surface area (Å²) >= 11 is 0. The molecule has 0 saturated heterocycles. The third kappa shape index (κ3) is 3.00. The summed E-state index contributed by atoms with van der Waals surface area (Å²) in [6.07, 6.45) is 11.2. The SMILES string of the molecule is O=C(NC1CC1)C1CCCCCCC1. The van der Waals surface area contributed by atoms with E-state index < -0.39 is 0 Å². The second-order valence-corrected chi connectivity index (χ2v) is 4.82. The number of carbonyl (C=O) groups is 1. The van der Waals surface area contributed by atoms with Crippen molar-refractivity contribution in [2.75, 3.05) is 0 Å². The minimum Gasteiger partial charge on any atom is -0.353 e. The van der Waals surface area contributed by atoms with Crippen LogP contribution < -0.4 is 5.32 Å². The van der Waals surface area contributed by atoms with Crippen LogP contribution in [0, 0.1) is 5.92 Å². The molecule has 0 aromatic heterocycles. The topological polar surface area (TPSA) is 29.1 Å². The monoisotopic (exact) mass is 195 g/mol. The van der Waals surface area contributed by atoms with E-state index in [2.05, 4.69) is 5.32 Å². The van der Waals surface area contributed by atoms with Gasteiger partial charge in [0.2, 0.25) is 5.91 Å². The molecule has 0 heterocycles. The van der Waals surface area contributed by atoms with E-state index in [0.29, 0.717) is 17.9 Å². The van der Waals surface area contributed by atoms with Gasteiger partial charge in [0.05, 0.1) is 0 Å². The molecule has 2 rings (SSSR count). The summed E-state index contributed by atoms with van der Waals surface area (Å²) in [5, 5.41) is 3.13. The summed E-state index contributed by atoms with van der Waals surface area (Å²) in [7, 11) is 0. The van der Waals surface area contributed by atoms with Crippen molar-refractivity contribution in [3.8, 4) is 0 Å². The lowest BCUT2D eigenvalue weighted by atomic mass is 9.90. The molecule has 0 aromatic carbocycles. The molecule has 2 fully saturated rings. The molecule has 2 aliphatic rings. The Morgan fingerprint density at radius 3 is 2.00 bits per heavy atom. The van der Waals surface area contributed by atoms with Gasteiger partial charge in [0.1, 0.15) is 0 Å². The highest BCUT2D eigenvalue weighted by Crippen LogP contribution is 2.24. The maximum atomic E-state index is 11.8. The van der Waals surface area contributed by atoms with E-state index in [9.17, 15) is 4.79 Å². The smallest absolute Gasteiger partial charge is 0.223 e. The molecule has 0 bridgehead atoms. The lowest BCUT2D eigenvalue weighted by Gasteiger charge is -2.18. The number of rotatable bonds is 2. The molecule has 0 unspecified atom stereocenters. The summed E-state index contributed by atoms with van der Waals surface area (Å²) in [6.45, 7) is 0. The van der Waals surface area contributed by atoms with Crippen molar-refractivity contribution in [3.05, 3.63) is 0 Å². The lowest BCUT2D eigenvalue weighted by Crippen LogP contribution is -2.32. The molecule has 2 saturated carbocycles. The first-order valence-corrected chi connectivity index (χ1v) is 6.16. The van der Waals surface area contributed by atoms with E-state index in [1.165, 1.54) is 44.9 Å². The minimum absolute atomic E-state index is 0.330. The Labute approximate surface area is 86.5 Å². The number of hydrogen-bond donors (Lipinski definition) is 1. The summed E-state index contributed by atoms with van der Waals surface area (Å²) in [6, 6.07) is 0.535. The zero-order chi connectivity index (χ0) is 9.80. The summed E-state index contributed by atoms with van der Waals surface area (Å²) in [5.41, 5.74) is 0. The molecule has 0 spiro atoms. The molecule has 2 nitrogen and oxygen atoms in total. The van der Waals surface area contributed by atoms with Crippen LogP contribution in [-0.2, 0) is 4.79 Å². The van der Waals surface area contributed by atoms with Gasteiger partial charge in [-0.3, -0.25) is 4.79 Å². The highest BCUT2D eigenvalue weighted by atomic mass is 16.2. The maximum Gasteiger partial charge on any atom is 0.223 e. The largest absolute Gasteiger partial charge is 0.353 e. The van der Waals surface area contributed by atoms with Crippen LogP contribution in [0.3, 0.4) is 0 Å². The zero-order valence-electron chi connectivity index (χ0n) is 8.93. The van der Waals surface area contributed by atoms with E-state index in [0.717, 1.165) is 12.8 Å². The van der Waals surface area contributed by atoms with Crippen LogP contribution in [-0.4, -0.2) is 11.9 Å². The van der Waals surface area contributed by atoms with Crippen molar-refractivity contribution in [1.29, 1.82) is 0 Å². The molecule has 14 heavy (non-hydrogen) atoms. The normalized spacial score (nSPS) is 25.1. The second-order valence-electron chi connectivity index (χ2n) is 4.82. The molecular formula is C12H21NO. The number of hydrogen-bond acceptors (Lipinski definition) is 1. The molecule has 1 N–H and O–H groups in total. The van der Waals surface area contributed by atoms with Gasteiger partial charge in [0.25, 0.3) is 0 Å². The van der Waals surface area contributed by atoms with Gasteiger partial charge in [0.15, 0.2) is 0 Å². The first kappa shape index (κ1) is 10.0. The van der Waals surface area contributed by atoms with Crippen molar-refractivity contribution in [2.24, 2.45) is 5.92 Å². The number of carbonyl (C=O) groups excluding carboxylic acids is 1. The zero-order valence-corrected chi connectivity index (χ0v) is 8.93. The summed E-state index contributed by atoms with van der Waals surface area (Å²) < 4.78 is 0. The van der Waals surface area contributed by atoms with Crippen molar-refractivity contribution >= 4 is 5.91 Å². The Kier molecular flexibility index (Phi) is 3.44. The molecule has 0 radical (unpaired) electrons. The van der Waals surface area contributed by atoms with Gasteiger partial charge in [-0.2, -0.15) is 0 Å². The van der Waals surface area contributed by atoms with Crippen molar-refractivity contribution in [2.45, 2.75) is 63.8 Å². The van der Waals surface area contributed by atoms with Gasteiger partial charge in [-0.25, -0.2) is 0 Å². The Hall–Kier alpha value is -0.530. The van der Waals surface area contributed by atoms with E-state index in [1.54, 1.807) is 0 Å². The standard InChI is InChI=1S/C12H21NO/c14-12(13-11-8-9-11)10-6-4-2-1-3-5-7-10/h10-11H,1-9H2,(H,13,14). The fraction of sp³-hybridized carbons (Fsp3) is 0.917. The van der Waals surface area contributed by atoms with Crippen LogP contribution in [0.5, 0.6) is 0 Å². The number of amides is 1. The Morgan fingerprint density at radius 2 is 1.43 bits per heavy atom. The van der Waals surface area contributed by atoms with E-state index in [4.69, 9.17) is 0 Å². The Bertz CT molecular complexity index is 190. The first-order chi connectivity index (χ1) is 6.86. The third-order valence-electron chi connectivity index (χ3n) is 3.40. The van der Waals surface area contributed by atoms with Gasteiger partial charge in [-0.1, -0.05) is 32.1 Å². The van der Waals surface area contributed by atoms with E-state index >= 15 is 0 Å². The maximum absolute atomic E-state index is 11.8. The van der Waals surface area contributed by atoms with Crippen molar-refractivity contribution in [3.63, 3.8) is 0 Å². The second kappa shape index (κ2) is 4.81. The molecular weight excluding hydrogens is 174 g/mol. The average Bonchev–Trinajstić information content (AvgIpc) is 2.86. The third-order valence-corrected chi connectivity index (χ3v) is 3.40. The average molecular weight is 195 g/mol. The van der Waals surface area contributed by atoms with Crippen LogP contribution in [0.1, 0.15) is 57.8 Å². The van der Waals surface area contributed by atoms with Crippen LogP contribution >= 0.6 is 0 Å². The Balaban J connectivity index is 1.76. The quantitative estimate of drug-likeness (QED) is 0.721. The fourth-order valence-corrected chi connectivity index (χ4v) is 2.27. The van der Waals surface area contributed by atoms with Crippen LogP contribution in [0.4, 0.5) is 0 Å². The number of nitrogens with one attached hydrogen (secondary N) is 1. The highest BCUT2D eigenvalue weighted by Gasteiger charge is 2.27. The molecule has 2 heteroatoms. The Morgan fingerprint density at radius 1 is 0.857 bits per heavy atom. The van der Waals surface area contributed by atoms with Crippen LogP contribution in [0.2, 0.25) is 0 Å². The highest BCUT2D eigenvalue weighted by molar-refractivity contribution is 5.79. The van der Waals surface area contributed by atoms with Gasteiger partial charge in [-0.15, -0.1) is 0 Å². The van der Waals surface area contributed by atoms with Gasteiger partial charge < -0.3 is 5.32 Å². The first-order valence-electron chi connectivity index (χ1n) is 6.16. The lowest BCUT2D eigenvalue weighted by molar-refractivity contribution is -0.125. The van der Waals surface area contributed by atoms with Crippen LogP contribution in [0.25, 0.3) is 0 Å². The molecule has 2 aliphatic carbocycles. The fourth-order valence-electron chi connectivity index (χ4n) is 2.27. The van der Waals surface area contributed by atoms with E-state index in [1.807, 2.05) is 0 Å². The minimum atomic E-state index is 0.330. The van der Waals surface area contributed by atoms with Crippen molar-refractivity contribution < 1.29 is 4.79 Å². The van der Waals surface area contributed by atoms with Crippen molar-refractivity contribution in [1.82, 2.24) is 5.32 Å². The predicted molar refractivity (Wildman–Crippen MR) is 57.0 cm³/mol. The molecule has 1 amide bonds. The molecule has 0 aromatic rings. The molecule has 0 atom stereocenters. The van der Waals surface area contributed by atoms with Gasteiger partial charge >= 0.3 is 0 Å². The predicted octanol–water partition coefficient (Wildman–Crippen LogP) is 2.63. The van der Waals surface area contributed by atoms with Gasteiger partial charge in [0, 0.05) is 12.0 Å². The summed E-state index contributed by atoms with van der Waals surface area (Å²) in [5.74, 6) is 0.672. The van der Waals surface area contributed by atoms with Crippen LogP contribution in [0.15, 0.2) is 0 Å². The summed E-state index contributed by atoms with van der Waals surface area (Å²) in [4.78, 5) is 11.8. The molecule has 80 valence electrons.